The first kappa shape index (κ1) is 13.3. The Hall–Kier alpha value is -1.10. The molecule has 1 aromatic rings. The molecular weight excluding hydrogens is 230 g/mol. The molecule has 0 spiro atoms. The van der Waals surface area contributed by atoms with Gasteiger partial charge in [0.2, 0.25) is 0 Å². The highest BCUT2D eigenvalue weighted by molar-refractivity contribution is 5.33. The number of aliphatic hydroxyl groups is 1. The first-order valence-corrected chi connectivity index (χ1v) is 6.31. The van der Waals surface area contributed by atoms with Gasteiger partial charge in [0.1, 0.15) is 5.75 Å². The molecule has 2 rings (SSSR count). The van der Waals surface area contributed by atoms with E-state index in [4.69, 9.17) is 9.47 Å². The Kier molecular flexibility index (Phi) is 4.58. The normalized spacial score (nSPS) is 17.2. The number of nitrogens with one attached hydrogen (secondary N) is 1. The summed E-state index contributed by atoms with van der Waals surface area (Å²) in [5.41, 5.74) is 1.15. The molecule has 1 fully saturated rings. The molecule has 0 saturated carbocycles. The average molecular weight is 251 g/mol. The number of hydrogen-bond donors (Lipinski definition) is 2. The summed E-state index contributed by atoms with van der Waals surface area (Å²) in [5.74, 6) is 0.933. The van der Waals surface area contributed by atoms with Gasteiger partial charge in [0, 0.05) is 6.54 Å². The number of benzene rings is 1. The summed E-state index contributed by atoms with van der Waals surface area (Å²) < 4.78 is 10.5. The van der Waals surface area contributed by atoms with Crippen LogP contribution in [-0.4, -0.2) is 45.1 Å². The molecule has 1 aromatic carbocycles. The van der Waals surface area contributed by atoms with Crippen LogP contribution in [0.4, 0.5) is 0 Å². The van der Waals surface area contributed by atoms with Gasteiger partial charge in [-0.15, -0.1) is 0 Å². The molecule has 2 N–H and O–H groups in total. The van der Waals surface area contributed by atoms with E-state index in [-0.39, 0.29) is 12.0 Å². The molecule has 1 saturated heterocycles. The Morgan fingerprint density at radius 3 is 2.78 bits per heavy atom. The number of ether oxygens (including phenoxy) is 2. The lowest BCUT2D eigenvalue weighted by Gasteiger charge is -2.40. The highest BCUT2D eigenvalue weighted by Crippen LogP contribution is 2.25. The summed E-state index contributed by atoms with van der Waals surface area (Å²) in [6.45, 7) is 3.19. The van der Waals surface area contributed by atoms with Gasteiger partial charge in [0.15, 0.2) is 0 Å². The van der Waals surface area contributed by atoms with E-state index in [0.717, 1.165) is 25.3 Å². The van der Waals surface area contributed by atoms with Crippen molar-refractivity contribution in [3.63, 3.8) is 0 Å². The second-order valence-corrected chi connectivity index (χ2v) is 4.89. The molecule has 1 aliphatic heterocycles. The molecule has 0 aromatic heterocycles. The summed E-state index contributed by atoms with van der Waals surface area (Å²) in [6.07, 6.45) is 0.923. The van der Waals surface area contributed by atoms with Crippen LogP contribution in [0.5, 0.6) is 5.75 Å². The van der Waals surface area contributed by atoms with E-state index >= 15 is 0 Å². The maximum Gasteiger partial charge on any atom is 0.122 e. The molecule has 0 atom stereocenters. The molecule has 18 heavy (non-hydrogen) atoms. The zero-order valence-corrected chi connectivity index (χ0v) is 10.8. The highest BCUT2D eigenvalue weighted by Gasteiger charge is 2.37. The van der Waals surface area contributed by atoms with Gasteiger partial charge in [-0.1, -0.05) is 18.2 Å². The number of aliphatic hydroxyl groups excluding tert-OH is 1. The SMILES string of the molecule is COc1ccccc1CCNCC1(CO)COC1. The number of methoxy groups -OCH3 is 1. The van der Waals surface area contributed by atoms with E-state index in [9.17, 15) is 5.11 Å². The van der Waals surface area contributed by atoms with Crippen molar-refractivity contribution in [2.75, 3.05) is 40.0 Å². The molecule has 0 aliphatic carbocycles. The molecule has 4 heteroatoms. The van der Waals surface area contributed by atoms with E-state index < -0.39 is 0 Å². The zero-order chi connectivity index (χ0) is 12.8. The third-order valence-electron chi connectivity index (χ3n) is 3.42. The van der Waals surface area contributed by atoms with Gasteiger partial charge in [0.05, 0.1) is 32.3 Å². The van der Waals surface area contributed by atoms with Gasteiger partial charge in [0.25, 0.3) is 0 Å². The minimum atomic E-state index is -0.0548. The van der Waals surface area contributed by atoms with Gasteiger partial charge < -0.3 is 19.9 Å². The highest BCUT2D eigenvalue weighted by atomic mass is 16.5. The summed E-state index contributed by atoms with van der Waals surface area (Å²) in [4.78, 5) is 0. The fourth-order valence-electron chi connectivity index (χ4n) is 2.13. The third-order valence-corrected chi connectivity index (χ3v) is 3.42. The van der Waals surface area contributed by atoms with Crippen LogP contribution in [0.15, 0.2) is 24.3 Å². The number of rotatable bonds is 7. The van der Waals surface area contributed by atoms with Gasteiger partial charge in [-0.3, -0.25) is 0 Å². The molecular formula is C14H21NO3. The third kappa shape index (κ3) is 3.02. The van der Waals surface area contributed by atoms with E-state index in [2.05, 4.69) is 11.4 Å². The maximum absolute atomic E-state index is 9.30. The van der Waals surface area contributed by atoms with Crippen molar-refractivity contribution in [1.29, 1.82) is 0 Å². The lowest BCUT2D eigenvalue weighted by atomic mass is 9.87. The van der Waals surface area contributed by atoms with Gasteiger partial charge in [-0.05, 0) is 24.6 Å². The molecule has 1 aliphatic rings. The summed E-state index contributed by atoms with van der Waals surface area (Å²) in [5, 5.41) is 12.7. The summed E-state index contributed by atoms with van der Waals surface area (Å²) >= 11 is 0. The van der Waals surface area contributed by atoms with Crippen LogP contribution in [0.1, 0.15) is 5.56 Å². The van der Waals surface area contributed by atoms with Crippen LogP contribution >= 0.6 is 0 Å². The Balaban J connectivity index is 1.75. The van der Waals surface area contributed by atoms with Crippen molar-refractivity contribution in [1.82, 2.24) is 5.32 Å². The first-order chi connectivity index (χ1) is 8.79. The van der Waals surface area contributed by atoms with Crippen molar-refractivity contribution < 1.29 is 14.6 Å². The van der Waals surface area contributed by atoms with Crippen LogP contribution in [0.2, 0.25) is 0 Å². The van der Waals surface area contributed by atoms with Gasteiger partial charge in [-0.2, -0.15) is 0 Å². The molecule has 0 radical (unpaired) electrons. The Bertz CT molecular complexity index is 372. The summed E-state index contributed by atoms with van der Waals surface area (Å²) in [6, 6.07) is 8.05. The molecule has 4 nitrogen and oxygen atoms in total. The van der Waals surface area contributed by atoms with Crippen LogP contribution in [0.25, 0.3) is 0 Å². The molecule has 0 unspecified atom stereocenters. The Morgan fingerprint density at radius 2 is 2.17 bits per heavy atom. The summed E-state index contributed by atoms with van der Waals surface area (Å²) in [7, 11) is 1.69. The Morgan fingerprint density at radius 1 is 1.39 bits per heavy atom. The molecule has 0 bridgehead atoms. The topological polar surface area (TPSA) is 50.7 Å². The fraction of sp³-hybridized carbons (Fsp3) is 0.571. The van der Waals surface area contributed by atoms with E-state index in [1.54, 1.807) is 7.11 Å². The van der Waals surface area contributed by atoms with E-state index in [1.165, 1.54) is 5.56 Å². The Labute approximate surface area is 108 Å². The maximum atomic E-state index is 9.30. The van der Waals surface area contributed by atoms with Crippen molar-refractivity contribution >= 4 is 0 Å². The van der Waals surface area contributed by atoms with Crippen molar-refractivity contribution in [2.24, 2.45) is 5.41 Å². The van der Waals surface area contributed by atoms with Crippen molar-refractivity contribution in [2.45, 2.75) is 6.42 Å². The van der Waals surface area contributed by atoms with Crippen LogP contribution < -0.4 is 10.1 Å². The predicted octanol–water partition coefficient (Wildman–Crippen LogP) is 0.836. The monoisotopic (exact) mass is 251 g/mol. The standard InChI is InChI=1S/C14H21NO3/c1-17-13-5-3-2-4-12(13)6-7-15-8-14(9-16)10-18-11-14/h2-5,15-16H,6-11H2,1H3. The van der Waals surface area contributed by atoms with E-state index in [1.807, 2.05) is 18.2 Å². The molecule has 100 valence electrons. The fourth-order valence-corrected chi connectivity index (χ4v) is 2.13. The lowest BCUT2D eigenvalue weighted by Crippen LogP contribution is -2.52. The van der Waals surface area contributed by atoms with Crippen LogP contribution in [0.3, 0.4) is 0 Å². The minimum Gasteiger partial charge on any atom is -0.496 e. The second kappa shape index (κ2) is 6.18. The number of hydrogen-bond acceptors (Lipinski definition) is 4. The molecule has 0 amide bonds. The average Bonchev–Trinajstić information content (AvgIpc) is 2.37. The van der Waals surface area contributed by atoms with E-state index in [0.29, 0.717) is 13.2 Å². The largest absolute Gasteiger partial charge is 0.496 e. The lowest BCUT2D eigenvalue weighted by molar-refractivity contribution is -0.134. The van der Waals surface area contributed by atoms with Gasteiger partial charge in [-0.25, -0.2) is 0 Å². The number of para-hydroxylation sites is 1. The quantitative estimate of drug-likeness (QED) is 0.705. The second-order valence-electron chi connectivity index (χ2n) is 4.89. The predicted molar refractivity (Wildman–Crippen MR) is 69.9 cm³/mol. The first-order valence-electron chi connectivity index (χ1n) is 6.31. The van der Waals surface area contributed by atoms with Gasteiger partial charge >= 0.3 is 0 Å². The van der Waals surface area contributed by atoms with Crippen molar-refractivity contribution in [3.8, 4) is 5.75 Å². The molecule has 1 heterocycles. The van der Waals surface area contributed by atoms with Crippen LogP contribution in [0, 0.1) is 5.41 Å². The van der Waals surface area contributed by atoms with Crippen molar-refractivity contribution in [3.05, 3.63) is 29.8 Å². The zero-order valence-electron chi connectivity index (χ0n) is 10.8. The minimum absolute atomic E-state index is 0.0548. The smallest absolute Gasteiger partial charge is 0.122 e. The van der Waals surface area contributed by atoms with Crippen LogP contribution in [-0.2, 0) is 11.2 Å².